The minimum Gasteiger partial charge on any atom is -0.379 e. The van der Waals surface area contributed by atoms with Crippen LogP contribution in [0, 0.1) is 5.92 Å². The van der Waals surface area contributed by atoms with E-state index in [9.17, 15) is 0 Å². The lowest BCUT2D eigenvalue weighted by Crippen LogP contribution is -2.51. The lowest BCUT2D eigenvalue weighted by atomic mass is 10.0. The fraction of sp³-hybridized carbons (Fsp3) is 0.708. The normalized spacial score (nSPS) is 19.5. The van der Waals surface area contributed by atoms with Crippen molar-refractivity contribution < 1.29 is 9.47 Å². The second kappa shape index (κ2) is 12.9. The van der Waals surface area contributed by atoms with Crippen molar-refractivity contribution in [1.82, 2.24) is 15.5 Å². The number of rotatable bonds is 9. The molecular weight excluding hydrogens is 390 g/mol. The van der Waals surface area contributed by atoms with E-state index in [0.717, 1.165) is 71.7 Å². The van der Waals surface area contributed by atoms with Crippen LogP contribution in [0.25, 0.3) is 0 Å². The van der Waals surface area contributed by atoms with Gasteiger partial charge in [-0.3, -0.25) is 4.90 Å². The van der Waals surface area contributed by atoms with Crippen LogP contribution in [0.15, 0.2) is 29.3 Å². The van der Waals surface area contributed by atoms with Gasteiger partial charge in [0.2, 0.25) is 0 Å². The van der Waals surface area contributed by atoms with Crippen LogP contribution in [-0.4, -0.2) is 82.6 Å². The number of nitrogens with zero attached hydrogens (tertiary/aromatic N) is 3. The van der Waals surface area contributed by atoms with Crippen molar-refractivity contribution in [2.75, 3.05) is 70.6 Å². The van der Waals surface area contributed by atoms with Crippen molar-refractivity contribution in [2.24, 2.45) is 10.9 Å². The molecule has 0 spiro atoms. The van der Waals surface area contributed by atoms with Crippen LogP contribution >= 0.6 is 0 Å². The number of nitrogens with one attached hydrogen (secondary N) is 2. The smallest absolute Gasteiger partial charge is 0.191 e. The molecule has 0 amide bonds. The third kappa shape index (κ3) is 7.98. The minimum absolute atomic E-state index is 0.501. The molecule has 7 nitrogen and oxygen atoms in total. The highest BCUT2D eigenvalue weighted by molar-refractivity contribution is 5.79. The standard InChI is InChI=1S/C24H41N5O2/c1-4-25-24(27-19-23(17-20(2)3)29-11-15-31-16-12-29)26-18-21-5-7-22(8-6-21)28-9-13-30-14-10-28/h5-8,20,23H,4,9-19H2,1-3H3,(H2,25,26,27). The molecule has 1 atom stereocenters. The van der Waals surface area contributed by atoms with E-state index >= 15 is 0 Å². The Morgan fingerprint density at radius 3 is 2.23 bits per heavy atom. The zero-order valence-corrected chi connectivity index (χ0v) is 19.6. The van der Waals surface area contributed by atoms with Crippen LogP contribution in [0.1, 0.15) is 32.8 Å². The van der Waals surface area contributed by atoms with E-state index < -0.39 is 0 Å². The average molecular weight is 432 g/mol. The first-order chi connectivity index (χ1) is 15.2. The molecule has 2 aliphatic heterocycles. The summed E-state index contributed by atoms with van der Waals surface area (Å²) < 4.78 is 11.0. The molecule has 0 radical (unpaired) electrons. The van der Waals surface area contributed by atoms with Gasteiger partial charge in [-0.25, -0.2) is 4.99 Å². The molecule has 1 unspecified atom stereocenters. The van der Waals surface area contributed by atoms with Crippen molar-refractivity contribution in [1.29, 1.82) is 0 Å². The maximum absolute atomic E-state index is 5.55. The molecule has 1 aromatic rings. The van der Waals surface area contributed by atoms with Crippen molar-refractivity contribution in [3.8, 4) is 0 Å². The number of benzene rings is 1. The molecule has 31 heavy (non-hydrogen) atoms. The zero-order valence-electron chi connectivity index (χ0n) is 19.6. The van der Waals surface area contributed by atoms with Crippen molar-refractivity contribution in [2.45, 2.75) is 39.8 Å². The molecule has 2 heterocycles. The molecular formula is C24H41N5O2. The van der Waals surface area contributed by atoms with E-state index in [0.29, 0.717) is 18.5 Å². The fourth-order valence-corrected chi connectivity index (χ4v) is 4.21. The lowest BCUT2D eigenvalue weighted by Gasteiger charge is -2.35. The maximum atomic E-state index is 5.55. The number of anilines is 1. The van der Waals surface area contributed by atoms with Crippen LogP contribution in [0.5, 0.6) is 0 Å². The molecule has 2 saturated heterocycles. The first-order valence-corrected chi connectivity index (χ1v) is 11.9. The summed E-state index contributed by atoms with van der Waals surface area (Å²) in [5, 5.41) is 6.99. The first-order valence-electron chi connectivity index (χ1n) is 11.9. The summed E-state index contributed by atoms with van der Waals surface area (Å²) in [6.45, 7) is 16.4. The summed E-state index contributed by atoms with van der Waals surface area (Å²) in [4.78, 5) is 9.78. The zero-order chi connectivity index (χ0) is 21.9. The van der Waals surface area contributed by atoms with Gasteiger partial charge in [-0.1, -0.05) is 26.0 Å². The van der Waals surface area contributed by atoms with Crippen molar-refractivity contribution in [3.63, 3.8) is 0 Å². The Morgan fingerprint density at radius 1 is 0.968 bits per heavy atom. The Labute approximate surface area is 188 Å². The van der Waals surface area contributed by atoms with E-state index in [1.165, 1.54) is 17.7 Å². The molecule has 0 aromatic heterocycles. The number of hydrogen-bond acceptors (Lipinski definition) is 5. The number of hydrogen-bond donors (Lipinski definition) is 2. The second-order valence-electron chi connectivity index (χ2n) is 8.77. The quantitative estimate of drug-likeness (QED) is 0.462. The van der Waals surface area contributed by atoms with E-state index in [1.54, 1.807) is 0 Å². The minimum atomic E-state index is 0.501. The Kier molecular flexibility index (Phi) is 9.90. The van der Waals surface area contributed by atoms with Gasteiger partial charge in [0.1, 0.15) is 0 Å². The summed E-state index contributed by atoms with van der Waals surface area (Å²) in [5.41, 5.74) is 2.49. The molecule has 1 aromatic carbocycles. The Hall–Kier alpha value is -1.83. The van der Waals surface area contributed by atoms with Gasteiger partial charge in [-0.15, -0.1) is 0 Å². The third-order valence-corrected chi connectivity index (χ3v) is 5.89. The molecule has 2 N–H and O–H groups in total. The number of aliphatic imine (C=N–C) groups is 1. The summed E-state index contributed by atoms with van der Waals surface area (Å²) in [6.07, 6.45) is 1.18. The van der Waals surface area contributed by atoms with E-state index in [4.69, 9.17) is 14.5 Å². The van der Waals surface area contributed by atoms with Gasteiger partial charge >= 0.3 is 0 Å². The predicted molar refractivity (Wildman–Crippen MR) is 128 cm³/mol. The predicted octanol–water partition coefficient (Wildman–Crippen LogP) is 2.33. The number of guanidine groups is 1. The number of ether oxygens (including phenoxy) is 2. The van der Waals surface area contributed by atoms with Gasteiger partial charge in [0.25, 0.3) is 0 Å². The molecule has 0 bridgehead atoms. The molecule has 0 aliphatic carbocycles. The topological polar surface area (TPSA) is 61.4 Å². The van der Waals surface area contributed by atoms with Crippen LogP contribution in [0.3, 0.4) is 0 Å². The van der Waals surface area contributed by atoms with E-state index in [1.807, 2.05) is 0 Å². The molecule has 2 fully saturated rings. The molecule has 0 saturated carbocycles. The second-order valence-corrected chi connectivity index (χ2v) is 8.77. The van der Waals surface area contributed by atoms with E-state index in [-0.39, 0.29) is 0 Å². The largest absolute Gasteiger partial charge is 0.379 e. The number of morpholine rings is 2. The van der Waals surface area contributed by atoms with Gasteiger partial charge in [0, 0.05) is 51.0 Å². The molecule has 174 valence electrons. The Morgan fingerprint density at radius 2 is 1.61 bits per heavy atom. The first kappa shape index (κ1) is 23.8. The van der Waals surface area contributed by atoms with Crippen molar-refractivity contribution >= 4 is 11.6 Å². The Balaban J connectivity index is 1.55. The molecule has 2 aliphatic rings. The third-order valence-electron chi connectivity index (χ3n) is 5.89. The van der Waals surface area contributed by atoms with Gasteiger partial charge in [-0.2, -0.15) is 0 Å². The van der Waals surface area contributed by atoms with Crippen LogP contribution in [0.2, 0.25) is 0 Å². The summed E-state index contributed by atoms with van der Waals surface area (Å²) in [7, 11) is 0. The SMILES string of the molecule is CCNC(=NCc1ccc(N2CCOCC2)cc1)NCC(CC(C)C)N1CCOCC1. The van der Waals surface area contributed by atoms with Crippen molar-refractivity contribution in [3.05, 3.63) is 29.8 Å². The Bertz CT molecular complexity index is 652. The summed E-state index contributed by atoms with van der Waals surface area (Å²) in [5.74, 6) is 1.56. The van der Waals surface area contributed by atoms with Gasteiger partial charge in [-0.05, 0) is 37.0 Å². The summed E-state index contributed by atoms with van der Waals surface area (Å²) >= 11 is 0. The molecule has 3 rings (SSSR count). The fourth-order valence-electron chi connectivity index (χ4n) is 4.21. The maximum Gasteiger partial charge on any atom is 0.191 e. The highest BCUT2D eigenvalue weighted by Gasteiger charge is 2.22. The highest BCUT2D eigenvalue weighted by atomic mass is 16.5. The summed E-state index contributed by atoms with van der Waals surface area (Å²) in [6, 6.07) is 9.28. The lowest BCUT2D eigenvalue weighted by molar-refractivity contribution is 0.0132. The van der Waals surface area contributed by atoms with E-state index in [2.05, 4.69) is 65.5 Å². The van der Waals surface area contributed by atoms with Crippen LogP contribution < -0.4 is 15.5 Å². The molecule has 7 heteroatoms. The highest BCUT2D eigenvalue weighted by Crippen LogP contribution is 2.17. The van der Waals surface area contributed by atoms with Crippen LogP contribution in [0.4, 0.5) is 5.69 Å². The van der Waals surface area contributed by atoms with Gasteiger partial charge in [0.15, 0.2) is 5.96 Å². The average Bonchev–Trinajstić information content (AvgIpc) is 2.81. The van der Waals surface area contributed by atoms with Gasteiger partial charge in [0.05, 0.1) is 33.0 Å². The monoisotopic (exact) mass is 431 g/mol. The van der Waals surface area contributed by atoms with Gasteiger partial charge < -0.3 is 25.0 Å². The van der Waals surface area contributed by atoms with Crippen LogP contribution in [-0.2, 0) is 16.0 Å².